The van der Waals surface area contributed by atoms with E-state index in [4.69, 9.17) is 16.0 Å². The molecule has 2 heterocycles. The number of hydrogen-bond donors (Lipinski definition) is 1. The minimum absolute atomic E-state index is 0.318. The number of aryl methyl sites for hydroxylation is 1. The summed E-state index contributed by atoms with van der Waals surface area (Å²) in [5.41, 5.74) is 4.31. The van der Waals surface area contributed by atoms with E-state index in [2.05, 4.69) is 15.5 Å². The Kier molecular flexibility index (Phi) is 5.69. The number of anilines is 1. The van der Waals surface area contributed by atoms with Crippen molar-refractivity contribution in [1.82, 2.24) is 15.0 Å². The fourth-order valence-corrected chi connectivity index (χ4v) is 3.55. The lowest BCUT2D eigenvalue weighted by Gasteiger charge is -2.01. The number of carbonyl (C=O) groups is 1. The summed E-state index contributed by atoms with van der Waals surface area (Å²) in [5.74, 6) is 0.557. The predicted molar refractivity (Wildman–Crippen MR) is 130 cm³/mol. The first-order valence-corrected chi connectivity index (χ1v) is 10.8. The summed E-state index contributed by atoms with van der Waals surface area (Å²) in [6, 6.07) is 20.4. The number of aromatic nitrogens is 3. The summed E-state index contributed by atoms with van der Waals surface area (Å²) >= 11 is 6.19. The van der Waals surface area contributed by atoms with Crippen LogP contribution < -0.4 is 5.32 Å². The topological polar surface area (TPSA) is 73.0 Å². The Morgan fingerprint density at radius 3 is 2.59 bits per heavy atom. The molecule has 0 spiro atoms. The van der Waals surface area contributed by atoms with Gasteiger partial charge in [-0.15, -0.1) is 10.2 Å². The number of furan rings is 1. The number of fused-ring (bicyclic) bond motifs is 1. The fourth-order valence-electron chi connectivity index (χ4n) is 3.37. The van der Waals surface area contributed by atoms with Crippen LogP contribution in [0.3, 0.4) is 0 Å². The Morgan fingerprint density at radius 2 is 1.79 bits per heavy atom. The van der Waals surface area contributed by atoms with Crippen molar-refractivity contribution in [1.29, 1.82) is 0 Å². The molecule has 0 bridgehead atoms. The van der Waals surface area contributed by atoms with Gasteiger partial charge in [0, 0.05) is 22.3 Å². The molecule has 0 radical (unpaired) electrons. The second kappa shape index (κ2) is 8.96. The summed E-state index contributed by atoms with van der Waals surface area (Å²) in [6.07, 6.45) is 2.99. The van der Waals surface area contributed by atoms with Crippen LogP contribution in [0.4, 0.5) is 10.1 Å². The highest BCUT2D eigenvalue weighted by molar-refractivity contribution is 6.31. The summed E-state index contributed by atoms with van der Waals surface area (Å²) in [6.45, 7) is 1.94. The number of amides is 1. The lowest BCUT2D eigenvalue weighted by Crippen LogP contribution is -2.07. The van der Waals surface area contributed by atoms with Gasteiger partial charge in [0.2, 0.25) is 5.91 Å². The van der Waals surface area contributed by atoms with Crippen LogP contribution in [0.2, 0.25) is 5.02 Å². The normalized spacial score (nSPS) is 11.4. The van der Waals surface area contributed by atoms with Gasteiger partial charge in [0.05, 0.1) is 5.69 Å². The molecule has 0 aliphatic heterocycles. The Morgan fingerprint density at radius 1 is 1.00 bits per heavy atom. The maximum Gasteiger partial charge on any atom is 0.248 e. The van der Waals surface area contributed by atoms with Crippen molar-refractivity contribution in [2.45, 2.75) is 6.92 Å². The molecule has 168 valence electrons. The van der Waals surface area contributed by atoms with Gasteiger partial charge in [0.15, 0.2) is 0 Å². The average molecular weight is 473 g/mol. The maximum atomic E-state index is 13.2. The van der Waals surface area contributed by atoms with E-state index < -0.39 is 0 Å². The second-order valence-electron chi connectivity index (χ2n) is 7.66. The van der Waals surface area contributed by atoms with Gasteiger partial charge in [-0.1, -0.05) is 23.7 Å². The first-order valence-electron chi connectivity index (χ1n) is 10.4. The first kappa shape index (κ1) is 21.6. The van der Waals surface area contributed by atoms with Gasteiger partial charge in [-0.2, -0.15) is 4.80 Å². The van der Waals surface area contributed by atoms with Crippen LogP contribution >= 0.6 is 11.6 Å². The molecule has 0 aliphatic rings. The minimum Gasteiger partial charge on any atom is -0.457 e. The molecule has 3 aromatic carbocycles. The lowest BCUT2D eigenvalue weighted by atomic mass is 10.1. The first-order chi connectivity index (χ1) is 16.4. The average Bonchev–Trinajstić information content (AvgIpc) is 3.47. The molecule has 0 unspecified atom stereocenters. The molecule has 0 fully saturated rings. The largest absolute Gasteiger partial charge is 0.457 e. The monoisotopic (exact) mass is 472 g/mol. The Labute approximate surface area is 199 Å². The fraction of sp³-hybridized carbons (Fsp3) is 0.0385. The standard InChI is InChI=1S/C26H18ClFN4O2/c1-16-2-3-17(14-22(16)27)25-12-9-21(34-25)10-13-26(33)29-19-6-11-23-24(15-19)31-32(30-23)20-7-4-18(28)5-8-20/h2-15H,1H3,(H,29,33)/b13-10+. The van der Waals surface area contributed by atoms with E-state index in [1.54, 1.807) is 42.5 Å². The van der Waals surface area contributed by atoms with Gasteiger partial charge in [-0.05, 0) is 79.2 Å². The molecule has 1 N–H and O–H groups in total. The smallest absolute Gasteiger partial charge is 0.248 e. The van der Waals surface area contributed by atoms with Crippen molar-refractivity contribution in [2.24, 2.45) is 0 Å². The zero-order valence-electron chi connectivity index (χ0n) is 18.0. The van der Waals surface area contributed by atoms with E-state index >= 15 is 0 Å². The van der Waals surface area contributed by atoms with Gasteiger partial charge in [0.1, 0.15) is 28.4 Å². The molecule has 6 nitrogen and oxygen atoms in total. The molecular formula is C26H18ClFN4O2. The van der Waals surface area contributed by atoms with Crippen LogP contribution in [0.1, 0.15) is 11.3 Å². The van der Waals surface area contributed by atoms with Crippen molar-refractivity contribution in [3.63, 3.8) is 0 Å². The van der Waals surface area contributed by atoms with E-state index in [0.717, 1.165) is 11.1 Å². The molecule has 0 atom stereocenters. The van der Waals surface area contributed by atoms with Crippen LogP contribution in [-0.2, 0) is 4.79 Å². The SMILES string of the molecule is Cc1ccc(-c2ccc(/C=C/C(=O)Nc3ccc4nn(-c5ccc(F)cc5)nc4c3)o2)cc1Cl. The quantitative estimate of drug-likeness (QED) is 0.299. The Bertz CT molecular complexity index is 1540. The third-order valence-corrected chi connectivity index (χ3v) is 5.59. The summed E-state index contributed by atoms with van der Waals surface area (Å²) in [4.78, 5) is 13.8. The van der Waals surface area contributed by atoms with Crippen LogP contribution in [0, 0.1) is 12.7 Å². The molecule has 0 aliphatic carbocycles. The van der Waals surface area contributed by atoms with Crippen LogP contribution in [-0.4, -0.2) is 20.9 Å². The van der Waals surface area contributed by atoms with Crippen molar-refractivity contribution < 1.29 is 13.6 Å². The van der Waals surface area contributed by atoms with E-state index in [9.17, 15) is 9.18 Å². The molecule has 34 heavy (non-hydrogen) atoms. The molecule has 8 heteroatoms. The van der Waals surface area contributed by atoms with Gasteiger partial charge >= 0.3 is 0 Å². The van der Waals surface area contributed by atoms with Gasteiger partial charge in [-0.25, -0.2) is 4.39 Å². The number of halogens is 2. The van der Waals surface area contributed by atoms with Crippen molar-refractivity contribution in [3.05, 3.63) is 101 Å². The molecule has 1 amide bonds. The summed E-state index contributed by atoms with van der Waals surface area (Å²) < 4.78 is 19.0. The molecule has 0 saturated carbocycles. The van der Waals surface area contributed by atoms with E-state index in [1.807, 2.05) is 31.2 Å². The van der Waals surface area contributed by atoms with Crippen molar-refractivity contribution in [2.75, 3.05) is 5.32 Å². The van der Waals surface area contributed by atoms with Gasteiger partial charge in [-0.3, -0.25) is 4.79 Å². The number of carbonyl (C=O) groups excluding carboxylic acids is 1. The molecular weight excluding hydrogens is 455 g/mol. The zero-order valence-corrected chi connectivity index (χ0v) is 18.8. The van der Waals surface area contributed by atoms with Crippen LogP contribution in [0.5, 0.6) is 0 Å². The highest BCUT2D eigenvalue weighted by atomic mass is 35.5. The van der Waals surface area contributed by atoms with E-state index in [-0.39, 0.29) is 11.7 Å². The highest BCUT2D eigenvalue weighted by Gasteiger charge is 2.08. The molecule has 5 aromatic rings. The third kappa shape index (κ3) is 4.60. The summed E-state index contributed by atoms with van der Waals surface area (Å²) in [7, 11) is 0. The van der Waals surface area contributed by atoms with Gasteiger partial charge < -0.3 is 9.73 Å². The maximum absolute atomic E-state index is 13.2. The van der Waals surface area contributed by atoms with E-state index in [0.29, 0.717) is 39.0 Å². The molecule has 2 aromatic heterocycles. The van der Waals surface area contributed by atoms with E-state index in [1.165, 1.54) is 23.0 Å². The highest BCUT2D eigenvalue weighted by Crippen LogP contribution is 2.27. The van der Waals surface area contributed by atoms with Crippen LogP contribution in [0.15, 0.2) is 83.3 Å². The predicted octanol–water partition coefficient (Wildman–Crippen LogP) is 6.43. The van der Waals surface area contributed by atoms with Gasteiger partial charge in [0.25, 0.3) is 0 Å². The molecule has 0 saturated heterocycles. The van der Waals surface area contributed by atoms with Crippen molar-refractivity contribution >= 4 is 40.3 Å². The van der Waals surface area contributed by atoms with Crippen molar-refractivity contribution in [3.8, 4) is 17.0 Å². The number of nitrogens with zero attached hydrogens (tertiary/aromatic N) is 3. The number of hydrogen-bond acceptors (Lipinski definition) is 4. The Balaban J connectivity index is 1.27. The summed E-state index contributed by atoms with van der Waals surface area (Å²) in [5, 5.41) is 12.3. The second-order valence-corrected chi connectivity index (χ2v) is 8.07. The third-order valence-electron chi connectivity index (χ3n) is 5.19. The van der Waals surface area contributed by atoms with Crippen LogP contribution in [0.25, 0.3) is 34.1 Å². The molecule has 5 rings (SSSR count). The minimum atomic E-state index is -0.330. The Hall–Kier alpha value is -4.23. The zero-order chi connectivity index (χ0) is 23.7. The number of benzene rings is 3. The number of rotatable bonds is 5. The lowest BCUT2D eigenvalue weighted by molar-refractivity contribution is -0.111. The number of nitrogens with one attached hydrogen (secondary N) is 1.